The number of rotatable bonds is 12. The van der Waals surface area contributed by atoms with Gasteiger partial charge in [-0.05, 0) is 69.0 Å². The lowest BCUT2D eigenvalue weighted by atomic mass is 9.94. The van der Waals surface area contributed by atoms with Gasteiger partial charge in [0.1, 0.15) is 6.04 Å². The Hall–Kier alpha value is -4.03. The first-order valence-corrected chi connectivity index (χ1v) is 16.5. The summed E-state index contributed by atoms with van der Waals surface area (Å²) in [4.78, 5) is 33.3. The van der Waals surface area contributed by atoms with E-state index in [9.17, 15) is 9.59 Å². The van der Waals surface area contributed by atoms with Crippen LogP contribution in [0.5, 0.6) is 11.5 Å². The number of carbonyl (C=O) groups is 2. The zero-order chi connectivity index (χ0) is 31.9. The van der Waals surface area contributed by atoms with Crippen molar-refractivity contribution in [1.29, 1.82) is 0 Å². The third kappa shape index (κ3) is 7.45. The summed E-state index contributed by atoms with van der Waals surface area (Å²) in [6.07, 6.45) is 2.14. The van der Waals surface area contributed by atoms with Gasteiger partial charge in [0.2, 0.25) is 11.1 Å². The summed E-state index contributed by atoms with van der Waals surface area (Å²) in [6.45, 7) is 12.4. The van der Waals surface area contributed by atoms with Gasteiger partial charge < -0.3 is 29.7 Å². The summed E-state index contributed by atoms with van der Waals surface area (Å²) >= 11 is 1.60. The van der Waals surface area contributed by atoms with Gasteiger partial charge in [0.05, 0.1) is 25.4 Å². The number of fused-ring (bicyclic) bond motifs is 1. The Morgan fingerprint density at radius 1 is 1.09 bits per heavy atom. The van der Waals surface area contributed by atoms with Gasteiger partial charge >= 0.3 is 0 Å². The largest absolute Gasteiger partial charge is 0.490 e. The summed E-state index contributed by atoms with van der Waals surface area (Å²) in [5.41, 5.74) is 4.82. The van der Waals surface area contributed by atoms with Crippen molar-refractivity contribution >= 4 is 35.2 Å². The molecule has 1 atom stereocenters. The highest BCUT2D eigenvalue weighted by molar-refractivity contribution is 7.99. The highest BCUT2D eigenvalue weighted by atomic mass is 32.2. The molecule has 2 amide bonds. The van der Waals surface area contributed by atoms with E-state index in [2.05, 4.69) is 17.6 Å². The third-order valence-electron chi connectivity index (χ3n) is 7.96. The van der Waals surface area contributed by atoms with E-state index >= 15 is 0 Å². The summed E-state index contributed by atoms with van der Waals surface area (Å²) in [7, 11) is 0. The number of aryl methyl sites for hydroxylation is 1. The minimum absolute atomic E-state index is 0.104. The molecular formula is C33H42N6O5S. The van der Waals surface area contributed by atoms with Crippen molar-refractivity contribution in [2.45, 2.75) is 58.7 Å². The average Bonchev–Trinajstić information content (AvgIpc) is 3.44. The molecule has 3 heterocycles. The molecule has 2 aliphatic heterocycles. The van der Waals surface area contributed by atoms with E-state index in [1.54, 1.807) is 27.4 Å². The van der Waals surface area contributed by atoms with E-state index in [1.807, 2.05) is 58.0 Å². The molecule has 5 rings (SSSR count). The Kier molecular flexibility index (Phi) is 10.7. The second-order valence-corrected chi connectivity index (χ2v) is 12.1. The molecule has 12 heteroatoms. The van der Waals surface area contributed by atoms with Crippen molar-refractivity contribution in [3.63, 3.8) is 0 Å². The van der Waals surface area contributed by atoms with Gasteiger partial charge in [0.25, 0.3) is 11.8 Å². The van der Waals surface area contributed by atoms with Gasteiger partial charge in [0, 0.05) is 30.2 Å². The first kappa shape index (κ1) is 32.4. The number of amides is 2. The lowest BCUT2D eigenvalue weighted by molar-refractivity contribution is -0.137. The Morgan fingerprint density at radius 2 is 1.89 bits per heavy atom. The highest BCUT2D eigenvalue weighted by Gasteiger charge is 2.35. The summed E-state index contributed by atoms with van der Waals surface area (Å²) in [5, 5.41) is 12.0. The molecule has 45 heavy (non-hydrogen) atoms. The monoisotopic (exact) mass is 634 g/mol. The Bertz CT molecular complexity index is 1560. The molecule has 0 radical (unpaired) electrons. The van der Waals surface area contributed by atoms with Crippen molar-refractivity contribution < 1.29 is 23.8 Å². The Labute approximate surface area is 268 Å². The van der Waals surface area contributed by atoms with Crippen LogP contribution < -0.4 is 20.1 Å². The normalized spacial score (nSPS) is 16.2. The van der Waals surface area contributed by atoms with Crippen LogP contribution in [-0.4, -0.2) is 76.7 Å². The first-order valence-electron chi connectivity index (χ1n) is 15.5. The van der Waals surface area contributed by atoms with E-state index in [0.29, 0.717) is 66.8 Å². The number of nitrogens with zero attached hydrogens (tertiary/aromatic N) is 4. The number of thioether (sulfide) groups is 1. The van der Waals surface area contributed by atoms with Crippen LogP contribution >= 0.6 is 11.8 Å². The van der Waals surface area contributed by atoms with Crippen molar-refractivity contribution in [3.8, 4) is 11.5 Å². The topological polar surface area (TPSA) is 120 Å². The van der Waals surface area contributed by atoms with Crippen LogP contribution in [0.15, 0.2) is 52.8 Å². The lowest BCUT2D eigenvalue weighted by Crippen LogP contribution is -2.43. The number of hydrogen-bond acceptors (Lipinski definition) is 9. The SMILES string of the molecule is CCCCSc1nc2n(n1)C(c1ccc(OCC(=O)N3CCOCC3)c(OCC)c1)C(C(=O)Nc1cccc(C)c1C)=C(C)N2. The molecule has 0 bridgehead atoms. The molecule has 2 N–H and O–H groups in total. The van der Waals surface area contributed by atoms with Crippen molar-refractivity contribution in [3.05, 3.63) is 64.4 Å². The van der Waals surface area contributed by atoms with E-state index in [0.717, 1.165) is 41.0 Å². The molecule has 1 saturated heterocycles. The molecule has 0 spiro atoms. The molecule has 11 nitrogen and oxygen atoms in total. The minimum atomic E-state index is -0.595. The zero-order valence-electron chi connectivity index (χ0n) is 26.6. The maximum absolute atomic E-state index is 14.1. The summed E-state index contributed by atoms with van der Waals surface area (Å²) in [6, 6.07) is 10.8. The fourth-order valence-electron chi connectivity index (χ4n) is 5.30. The molecular weight excluding hydrogens is 592 g/mol. The molecule has 1 aromatic heterocycles. The van der Waals surface area contributed by atoms with E-state index in [1.165, 1.54) is 0 Å². The number of unbranched alkanes of at least 4 members (excludes halogenated alkanes) is 1. The second-order valence-electron chi connectivity index (χ2n) is 11.1. The summed E-state index contributed by atoms with van der Waals surface area (Å²) < 4.78 is 19.1. The number of morpholine rings is 1. The van der Waals surface area contributed by atoms with Gasteiger partial charge in [-0.25, -0.2) is 4.68 Å². The maximum atomic E-state index is 14.1. The minimum Gasteiger partial charge on any atom is -0.490 e. The van der Waals surface area contributed by atoms with Gasteiger partial charge in [-0.1, -0.05) is 43.3 Å². The first-order chi connectivity index (χ1) is 21.8. The molecule has 1 fully saturated rings. The number of carbonyl (C=O) groups excluding carboxylic acids is 2. The standard InChI is InChI=1S/C33H42N6O5S/c1-6-8-18-45-33-36-32-34-23(5)29(31(41)35-25-11-9-10-21(3)22(25)4)30(39(32)37-33)24-12-13-26(27(19-24)43-7-2)44-20-28(40)38-14-16-42-17-15-38/h9-13,19,30H,6-8,14-18,20H2,1-5H3,(H,35,41)(H,34,36,37). The summed E-state index contributed by atoms with van der Waals surface area (Å²) in [5.74, 6) is 2.05. The predicted octanol–water partition coefficient (Wildman–Crippen LogP) is 5.35. The van der Waals surface area contributed by atoms with E-state index in [4.69, 9.17) is 24.3 Å². The van der Waals surface area contributed by atoms with Gasteiger partial charge in [0.15, 0.2) is 18.1 Å². The van der Waals surface area contributed by atoms with Crippen molar-refractivity contribution in [2.24, 2.45) is 0 Å². The third-order valence-corrected chi connectivity index (χ3v) is 8.88. The molecule has 2 aromatic carbocycles. The van der Waals surface area contributed by atoms with Gasteiger partial charge in [-0.15, -0.1) is 5.10 Å². The van der Waals surface area contributed by atoms with Crippen molar-refractivity contribution in [2.75, 3.05) is 55.9 Å². The number of benzene rings is 2. The fourth-order valence-corrected chi connectivity index (χ4v) is 6.22. The molecule has 0 saturated carbocycles. The molecule has 1 unspecified atom stereocenters. The van der Waals surface area contributed by atoms with Crippen LogP contribution in [0.1, 0.15) is 56.3 Å². The quantitative estimate of drug-likeness (QED) is 0.201. The molecule has 3 aromatic rings. The fraction of sp³-hybridized carbons (Fsp3) is 0.455. The maximum Gasteiger partial charge on any atom is 0.260 e. The molecule has 2 aliphatic rings. The van der Waals surface area contributed by atoms with E-state index in [-0.39, 0.29) is 18.4 Å². The van der Waals surface area contributed by atoms with Crippen LogP contribution in [-0.2, 0) is 14.3 Å². The molecule has 0 aliphatic carbocycles. The van der Waals surface area contributed by atoms with Crippen molar-refractivity contribution in [1.82, 2.24) is 19.7 Å². The van der Waals surface area contributed by atoms with Crippen LogP contribution in [0.2, 0.25) is 0 Å². The molecule has 240 valence electrons. The van der Waals surface area contributed by atoms with Crippen LogP contribution in [0.4, 0.5) is 11.6 Å². The second kappa shape index (κ2) is 14.8. The lowest BCUT2D eigenvalue weighted by Gasteiger charge is -2.29. The van der Waals surface area contributed by atoms with Crippen LogP contribution in [0.3, 0.4) is 0 Å². The smallest absolute Gasteiger partial charge is 0.260 e. The highest BCUT2D eigenvalue weighted by Crippen LogP contribution is 2.40. The number of hydrogen-bond donors (Lipinski definition) is 2. The van der Waals surface area contributed by atoms with Crippen LogP contribution in [0.25, 0.3) is 0 Å². The van der Waals surface area contributed by atoms with Gasteiger partial charge in [-0.2, -0.15) is 4.98 Å². The average molecular weight is 635 g/mol. The Morgan fingerprint density at radius 3 is 2.64 bits per heavy atom. The van der Waals surface area contributed by atoms with Crippen LogP contribution in [0, 0.1) is 13.8 Å². The van der Waals surface area contributed by atoms with Gasteiger partial charge in [-0.3, -0.25) is 9.59 Å². The number of aromatic nitrogens is 3. The number of allylic oxidation sites excluding steroid dienone is 1. The number of anilines is 2. The predicted molar refractivity (Wildman–Crippen MR) is 175 cm³/mol. The van der Waals surface area contributed by atoms with E-state index < -0.39 is 6.04 Å². The number of ether oxygens (including phenoxy) is 3. The number of nitrogens with one attached hydrogen (secondary N) is 2. The Balaban J connectivity index is 1.49. The zero-order valence-corrected chi connectivity index (χ0v) is 27.5.